The SMILES string of the molecule is CC(C1CC1)N(C)C(=O)c1cc(C(=O)O)co1. The van der Waals surface area contributed by atoms with Crippen LogP contribution in [0.1, 0.15) is 40.7 Å². The minimum absolute atomic E-state index is 0.000764. The fraction of sp³-hybridized carbons (Fsp3) is 0.500. The van der Waals surface area contributed by atoms with E-state index in [4.69, 9.17) is 9.52 Å². The second-order valence-electron chi connectivity index (χ2n) is 4.50. The van der Waals surface area contributed by atoms with Gasteiger partial charge in [-0.1, -0.05) is 0 Å². The molecule has 2 rings (SSSR count). The van der Waals surface area contributed by atoms with Gasteiger partial charge in [0.2, 0.25) is 0 Å². The Morgan fingerprint density at radius 1 is 1.53 bits per heavy atom. The Balaban J connectivity index is 2.09. The van der Waals surface area contributed by atoms with E-state index in [2.05, 4.69) is 0 Å². The monoisotopic (exact) mass is 237 g/mol. The van der Waals surface area contributed by atoms with Crippen molar-refractivity contribution in [2.24, 2.45) is 5.92 Å². The molecule has 5 heteroatoms. The Bertz CT molecular complexity index is 447. The quantitative estimate of drug-likeness (QED) is 0.867. The Kier molecular flexibility index (Phi) is 2.92. The average molecular weight is 237 g/mol. The summed E-state index contributed by atoms with van der Waals surface area (Å²) < 4.78 is 4.99. The third-order valence-corrected chi connectivity index (χ3v) is 3.29. The maximum atomic E-state index is 12.0. The van der Waals surface area contributed by atoms with Gasteiger partial charge in [-0.05, 0) is 25.7 Å². The van der Waals surface area contributed by atoms with Crippen molar-refractivity contribution in [1.82, 2.24) is 4.90 Å². The second kappa shape index (κ2) is 4.24. The van der Waals surface area contributed by atoms with E-state index in [1.807, 2.05) is 6.92 Å². The molecule has 1 heterocycles. The van der Waals surface area contributed by atoms with Crippen LogP contribution in [0.25, 0.3) is 0 Å². The molecule has 1 aliphatic carbocycles. The molecule has 1 aliphatic rings. The third kappa shape index (κ3) is 2.33. The Labute approximate surface area is 99.0 Å². The van der Waals surface area contributed by atoms with Gasteiger partial charge in [0, 0.05) is 19.2 Å². The van der Waals surface area contributed by atoms with Crippen LogP contribution in [0, 0.1) is 5.92 Å². The highest BCUT2D eigenvalue weighted by Crippen LogP contribution is 2.35. The van der Waals surface area contributed by atoms with E-state index >= 15 is 0 Å². The summed E-state index contributed by atoms with van der Waals surface area (Å²) in [5, 5.41) is 8.74. The molecule has 0 saturated heterocycles. The van der Waals surface area contributed by atoms with Gasteiger partial charge in [0.25, 0.3) is 5.91 Å². The lowest BCUT2D eigenvalue weighted by atomic mass is 10.2. The van der Waals surface area contributed by atoms with E-state index in [-0.39, 0.29) is 23.3 Å². The molecule has 1 N–H and O–H groups in total. The summed E-state index contributed by atoms with van der Waals surface area (Å²) in [5.41, 5.74) is 0.000764. The van der Waals surface area contributed by atoms with E-state index in [9.17, 15) is 9.59 Å². The topological polar surface area (TPSA) is 70.8 Å². The molecule has 0 radical (unpaired) electrons. The van der Waals surface area contributed by atoms with Crippen LogP contribution in [-0.2, 0) is 0 Å². The summed E-state index contributed by atoms with van der Waals surface area (Å²) in [7, 11) is 1.72. The number of hydrogen-bond donors (Lipinski definition) is 1. The number of carboxylic acid groups (broad SMARTS) is 1. The molecule has 0 bridgehead atoms. The molecule has 17 heavy (non-hydrogen) atoms. The molecule has 0 aliphatic heterocycles. The first-order valence-corrected chi connectivity index (χ1v) is 5.59. The summed E-state index contributed by atoms with van der Waals surface area (Å²) in [5.74, 6) is -0.710. The van der Waals surface area contributed by atoms with E-state index in [1.54, 1.807) is 11.9 Å². The molecule has 0 spiro atoms. The largest absolute Gasteiger partial charge is 0.478 e. The average Bonchev–Trinajstić information content (AvgIpc) is 3.03. The van der Waals surface area contributed by atoms with Crippen LogP contribution in [0.4, 0.5) is 0 Å². The number of hydrogen-bond acceptors (Lipinski definition) is 3. The highest BCUT2D eigenvalue weighted by Gasteiger charge is 2.33. The number of carboxylic acids is 1. The van der Waals surface area contributed by atoms with E-state index < -0.39 is 5.97 Å². The first-order chi connectivity index (χ1) is 8.00. The highest BCUT2D eigenvalue weighted by atomic mass is 16.4. The van der Waals surface area contributed by atoms with Crippen molar-refractivity contribution in [2.75, 3.05) is 7.05 Å². The van der Waals surface area contributed by atoms with Crippen molar-refractivity contribution in [3.05, 3.63) is 23.7 Å². The second-order valence-corrected chi connectivity index (χ2v) is 4.50. The molecular weight excluding hydrogens is 222 g/mol. The van der Waals surface area contributed by atoms with Gasteiger partial charge in [-0.25, -0.2) is 4.79 Å². The van der Waals surface area contributed by atoms with E-state index in [0.29, 0.717) is 5.92 Å². The molecule has 1 amide bonds. The molecule has 1 atom stereocenters. The highest BCUT2D eigenvalue weighted by molar-refractivity contribution is 5.95. The van der Waals surface area contributed by atoms with Gasteiger partial charge in [0.1, 0.15) is 6.26 Å². The van der Waals surface area contributed by atoms with Crippen LogP contribution < -0.4 is 0 Å². The van der Waals surface area contributed by atoms with Gasteiger partial charge in [-0.2, -0.15) is 0 Å². The lowest BCUT2D eigenvalue weighted by molar-refractivity contribution is 0.0687. The van der Waals surface area contributed by atoms with Crippen molar-refractivity contribution in [3.8, 4) is 0 Å². The molecular formula is C12H15NO4. The normalized spacial score (nSPS) is 16.6. The van der Waals surface area contributed by atoms with Gasteiger partial charge >= 0.3 is 5.97 Å². The zero-order valence-corrected chi connectivity index (χ0v) is 9.84. The number of carbonyl (C=O) groups is 2. The van der Waals surface area contributed by atoms with E-state index in [1.165, 1.54) is 6.07 Å². The first-order valence-electron chi connectivity index (χ1n) is 5.59. The van der Waals surface area contributed by atoms with Gasteiger partial charge in [-0.15, -0.1) is 0 Å². The summed E-state index contributed by atoms with van der Waals surface area (Å²) in [6.07, 6.45) is 3.39. The molecule has 0 aromatic carbocycles. The zero-order valence-electron chi connectivity index (χ0n) is 9.84. The van der Waals surface area contributed by atoms with Crippen LogP contribution >= 0.6 is 0 Å². The number of carbonyl (C=O) groups excluding carboxylic acids is 1. The lowest BCUT2D eigenvalue weighted by Crippen LogP contribution is -2.36. The molecule has 5 nitrogen and oxygen atoms in total. The maximum absolute atomic E-state index is 12.0. The van der Waals surface area contributed by atoms with Gasteiger partial charge < -0.3 is 14.4 Å². The van der Waals surface area contributed by atoms with Gasteiger partial charge in [-0.3, -0.25) is 4.79 Å². The minimum Gasteiger partial charge on any atom is -0.478 e. The summed E-state index contributed by atoms with van der Waals surface area (Å²) in [6.45, 7) is 2.00. The first kappa shape index (κ1) is 11.7. The van der Waals surface area contributed by atoms with Crippen molar-refractivity contribution in [2.45, 2.75) is 25.8 Å². The molecule has 1 fully saturated rings. The Hall–Kier alpha value is -1.78. The van der Waals surface area contributed by atoms with Gasteiger partial charge in [0.15, 0.2) is 5.76 Å². The predicted molar refractivity (Wildman–Crippen MR) is 59.9 cm³/mol. The standard InChI is InChI=1S/C12H15NO4/c1-7(8-3-4-8)13(2)11(14)10-5-9(6-17-10)12(15)16/h5-8H,3-4H2,1-2H3,(H,15,16). The molecule has 1 unspecified atom stereocenters. The number of aromatic carboxylic acids is 1. The van der Waals surface area contributed by atoms with Crippen LogP contribution in [0.3, 0.4) is 0 Å². The van der Waals surface area contributed by atoms with Crippen LogP contribution in [0.5, 0.6) is 0 Å². The smallest absolute Gasteiger partial charge is 0.338 e. The van der Waals surface area contributed by atoms with Crippen LogP contribution in [0.15, 0.2) is 16.7 Å². The molecule has 1 saturated carbocycles. The van der Waals surface area contributed by atoms with E-state index in [0.717, 1.165) is 19.1 Å². The number of furan rings is 1. The fourth-order valence-corrected chi connectivity index (χ4v) is 1.81. The van der Waals surface area contributed by atoms with Crippen molar-refractivity contribution < 1.29 is 19.1 Å². The molecule has 1 aromatic heterocycles. The molecule has 92 valence electrons. The molecule has 1 aromatic rings. The summed E-state index contributed by atoms with van der Waals surface area (Å²) in [6, 6.07) is 1.43. The maximum Gasteiger partial charge on any atom is 0.338 e. The van der Waals surface area contributed by atoms with Crippen molar-refractivity contribution in [3.63, 3.8) is 0 Å². The number of amides is 1. The predicted octanol–water partition coefficient (Wildman–Crippen LogP) is 1.85. The van der Waals surface area contributed by atoms with Crippen LogP contribution in [-0.4, -0.2) is 35.0 Å². The summed E-state index contributed by atoms with van der Waals surface area (Å²) in [4.78, 5) is 24.3. The van der Waals surface area contributed by atoms with Gasteiger partial charge in [0.05, 0.1) is 5.56 Å². The lowest BCUT2D eigenvalue weighted by Gasteiger charge is -2.23. The fourth-order valence-electron chi connectivity index (χ4n) is 1.81. The third-order valence-electron chi connectivity index (χ3n) is 3.29. The number of rotatable bonds is 4. The summed E-state index contributed by atoms with van der Waals surface area (Å²) >= 11 is 0. The number of nitrogens with zero attached hydrogens (tertiary/aromatic N) is 1. The Morgan fingerprint density at radius 2 is 2.18 bits per heavy atom. The van der Waals surface area contributed by atoms with Crippen molar-refractivity contribution >= 4 is 11.9 Å². The zero-order chi connectivity index (χ0) is 12.6. The Morgan fingerprint density at radius 3 is 2.65 bits per heavy atom. The van der Waals surface area contributed by atoms with Crippen LogP contribution in [0.2, 0.25) is 0 Å². The minimum atomic E-state index is -1.09. The van der Waals surface area contributed by atoms with Crippen molar-refractivity contribution in [1.29, 1.82) is 0 Å².